The van der Waals surface area contributed by atoms with Crippen molar-refractivity contribution in [3.05, 3.63) is 107 Å². The number of aromatic nitrogens is 1. The van der Waals surface area contributed by atoms with Crippen LogP contribution in [0.4, 0.5) is 0 Å². The van der Waals surface area contributed by atoms with Crippen molar-refractivity contribution in [2.75, 3.05) is 19.8 Å². The molecule has 40 heavy (non-hydrogen) atoms. The van der Waals surface area contributed by atoms with E-state index < -0.39 is 11.5 Å². The van der Waals surface area contributed by atoms with E-state index in [2.05, 4.69) is 77.3 Å². The number of nitrogens with one attached hydrogen (secondary N) is 1. The van der Waals surface area contributed by atoms with Gasteiger partial charge in [0.2, 0.25) is 0 Å². The molecule has 0 saturated heterocycles. The monoisotopic (exact) mass is 534 g/mol. The van der Waals surface area contributed by atoms with Crippen LogP contribution >= 0.6 is 0 Å². The Morgan fingerprint density at radius 1 is 0.900 bits per heavy atom. The summed E-state index contributed by atoms with van der Waals surface area (Å²) in [5, 5.41) is 13.1. The van der Waals surface area contributed by atoms with Gasteiger partial charge in [-0.2, -0.15) is 0 Å². The fourth-order valence-corrected chi connectivity index (χ4v) is 6.62. The van der Waals surface area contributed by atoms with E-state index in [1.807, 2.05) is 36.4 Å². The molecular formula is C35H38N2O3. The van der Waals surface area contributed by atoms with Crippen LogP contribution in [0.15, 0.2) is 84.9 Å². The molecule has 5 nitrogen and oxygen atoms in total. The van der Waals surface area contributed by atoms with Crippen LogP contribution in [0.5, 0.6) is 0 Å². The van der Waals surface area contributed by atoms with Crippen molar-refractivity contribution in [1.82, 2.24) is 9.88 Å². The van der Waals surface area contributed by atoms with Gasteiger partial charge in [0.25, 0.3) is 0 Å². The van der Waals surface area contributed by atoms with Gasteiger partial charge in [-0.25, -0.2) is 0 Å². The lowest BCUT2D eigenvalue weighted by Gasteiger charge is -2.41. The fourth-order valence-electron chi connectivity index (χ4n) is 6.62. The summed E-state index contributed by atoms with van der Waals surface area (Å²) in [6.07, 6.45) is 1.66. The van der Waals surface area contributed by atoms with Crippen molar-refractivity contribution in [1.29, 1.82) is 0 Å². The summed E-state index contributed by atoms with van der Waals surface area (Å²) in [5.41, 5.74) is 5.10. The standard InChI is InChI=1S/C35H38N2O3/c1-2-19-37-20-11-17-29-32(38)21-31(37)33-28-16-9-10-18-30(28)36-34(33)35(29,24-39-22-26-12-5-3-6-13-26)25-40-23-27-14-7-4-8-15-27/h3-10,12-16,18,29,31-32,36,38H,2,17,19,21-25H2,1H3. The van der Waals surface area contributed by atoms with Gasteiger partial charge in [0.1, 0.15) is 0 Å². The minimum atomic E-state index is -0.608. The van der Waals surface area contributed by atoms with Gasteiger partial charge in [-0.15, -0.1) is 0 Å². The van der Waals surface area contributed by atoms with E-state index >= 15 is 0 Å². The van der Waals surface area contributed by atoms with E-state index in [0.29, 0.717) is 39.3 Å². The number of aromatic amines is 1. The summed E-state index contributed by atoms with van der Waals surface area (Å²) in [6, 6.07) is 32.5. The molecule has 206 valence electrons. The maximum Gasteiger partial charge on any atom is 0.0717 e. The summed E-state index contributed by atoms with van der Waals surface area (Å²) >= 11 is 0. The summed E-state index contributed by atoms with van der Waals surface area (Å²) < 4.78 is 13.1. The number of hydrogen-bond acceptors (Lipinski definition) is 4. The molecule has 0 radical (unpaired) electrons. The topological polar surface area (TPSA) is 57.7 Å². The third kappa shape index (κ3) is 5.15. The van der Waals surface area contributed by atoms with E-state index in [1.54, 1.807) is 0 Å². The second-order valence-corrected chi connectivity index (χ2v) is 11.2. The highest BCUT2D eigenvalue weighted by Crippen LogP contribution is 2.50. The zero-order chi connectivity index (χ0) is 27.4. The van der Waals surface area contributed by atoms with Gasteiger partial charge < -0.3 is 24.5 Å². The lowest BCUT2D eigenvalue weighted by Crippen LogP contribution is -2.48. The van der Waals surface area contributed by atoms with E-state index in [9.17, 15) is 5.11 Å². The van der Waals surface area contributed by atoms with Crippen molar-refractivity contribution in [3.63, 3.8) is 0 Å². The molecule has 1 aliphatic heterocycles. The number of benzene rings is 3. The quantitative estimate of drug-likeness (QED) is 0.233. The van der Waals surface area contributed by atoms with Crippen LogP contribution in [0.25, 0.3) is 10.9 Å². The van der Waals surface area contributed by atoms with Crippen molar-refractivity contribution < 1.29 is 14.6 Å². The third-order valence-electron chi connectivity index (χ3n) is 8.54. The number of aliphatic hydroxyl groups is 1. The summed E-state index contributed by atoms with van der Waals surface area (Å²) in [6.45, 7) is 4.87. The molecule has 2 N–H and O–H groups in total. The molecule has 1 aromatic heterocycles. The van der Waals surface area contributed by atoms with Crippen LogP contribution in [-0.4, -0.2) is 40.9 Å². The Morgan fingerprint density at radius 3 is 2.17 bits per heavy atom. The van der Waals surface area contributed by atoms with Crippen molar-refractivity contribution in [2.24, 2.45) is 5.92 Å². The predicted molar refractivity (Wildman–Crippen MR) is 158 cm³/mol. The zero-order valence-electron chi connectivity index (χ0n) is 23.2. The Labute approximate surface area is 237 Å². The highest BCUT2D eigenvalue weighted by Gasteiger charge is 2.52. The number of ether oxygens (including phenoxy) is 2. The number of fused-ring (bicyclic) bond motifs is 7. The van der Waals surface area contributed by atoms with Gasteiger partial charge in [-0.05, 0) is 30.0 Å². The predicted octanol–water partition coefficient (Wildman–Crippen LogP) is 6.34. The second kappa shape index (κ2) is 11.9. The summed E-state index contributed by atoms with van der Waals surface area (Å²) in [7, 11) is 0. The third-order valence-corrected chi connectivity index (χ3v) is 8.54. The zero-order valence-corrected chi connectivity index (χ0v) is 23.2. The molecule has 0 spiro atoms. The highest BCUT2D eigenvalue weighted by atomic mass is 16.5. The molecule has 0 saturated carbocycles. The van der Waals surface area contributed by atoms with Crippen molar-refractivity contribution in [2.45, 2.75) is 57.0 Å². The number of nitrogens with zero attached hydrogens (tertiary/aromatic N) is 1. The molecule has 3 atom stereocenters. The summed E-state index contributed by atoms with van der Waals surface area (Å²) in [4.78, 5) is 6.08. The van der Waals surface area contributed by atoms with Crippen LogP contribution in [0, 0.1) is 17.9 Å². The molecule has 5 heteroatoms. The minimum absolute atomic E-state index is 0.0125. The van der Waals surface area contributed by atoms with Crippen molar-refractivity contribution >= 4 is 10.9 Å². The molecule has 3 unspecified atom stereocenters. The smallest absolute Gasteiger partial charge is 0.0717 e. The molecule has 2 heterocycles. The lowest BCUT2D eigenvalue weighted by molar-refractivity contribution is -0.0538. The van der Waals surface area contributed by atoms with Crippen molar-refractivity contribution in [3.8, 4) is 12.0 Å². The average Bonchev–Trinajstić information content (AvgIpc) is 3.35. The largest absolute Gasteiger partial charge is 0.393 e. The second-order valence-electron chi connectivity index (χ2n) is 11.2. The van der Waals surface area contributed by atoms with E-state index in [4.69, 9.17) is 9.47 Å². The first kappa shape index (κ1) is 26.7. The van der Waals surface area contributed by atoms with Crippen LogP contribution < -0.4 is 0 Å². The molecule has 2 bridgehead atoms. The van der Waals surface area contributed by atoms with Gasteiger partial charge in [-0.3, -0.25) is 0 Å². The Kier molecular flexibility index (Phi) is 7.93. The SMILES string of the molecule is CCCN1C#CCC2C(O)CC1c1c([nH]c3ccccc13)C2(COCc1ccccc1)COCc1ccccc1. The van der Waals surface area contributed by atoms with Crippen LogP contribution in [0.2, 0.25) is 0 Å². The first-order valence-electron chi connectivity index (χ1n) is 14.5. The van der Waals surface area contributed by atoms with Crippen LogP contribution in [0.1, 0.15) is 54.6 Å². The maximum atomic E-state index is 11.9. The number of para-hydroxylation sites is 1. The Balaban J connectivity index is 1.46. The van der Waals surface area contributed by atoms with Crippen LogP contribution in [-0.2, 0) is 28.1 Å². The number of H-pyrrole nitrogens is 1. The number of hydrogen-bond donors (Lipinski definition) is 2. The van der Waals surface area contributed by atoms with Gasteiger partial charge in [0.15, 0.2) is 0 Å². The van der Waals surface area contributed by atoms with E-state index in [0.717, 1.165) is 35.3 Å². The molecule has 0 amide bonds. The molecule has 0 fully saturated rings. The summed E-state index contributed by atoms with van der Waals surface area (Å²) in [5.74, 6) is 3.31. The molecule has 4 aromatic rings. The van der Waals surface area contributed by atoms with Gasteiger partial charge in [0.05, 0.1) is 44.0 Å². The maximum absolute atomic E-state index is 11.9. The molecule has 1 aliphatic carbocycles. The lowest BCUT2D eigenvalue weighted by atomic mass is 9.70. The average molecular weight is 535 g/mol. The fraction of sp³-hybridized carbons (Fsp3) is 0.371. The Bertz CT molecular complexity index is 1420. The first-order valence-corrected chi connectivity index (χ1v) is 14.5. The first-order chi connectivity index (χ1) is 19.7. The Morgan fingerprint density at radius 2 is 1.52 bits per heavy atom. The number of aliphatic hydroxyl groups excluding tert-OH is 1. The van der Waals surface area contributed by atoms with Gasteiger partial charge in [0, 0.05) is 47.1 Å². The van der Waals surface area contributed by atoms with Gasteiger partial charge >= 0.3 is 0 Å². The molecule has 2 aliphatic rings. The molecule has 6 rings (SSSR count). The highest BCUT2D eigenvalue weighted by molar-refractivity contribution is 5.86. The van der Waals surface area contributed by atoms with Crippen LogP contribution in [0.3, 0.4) is 0 Å². The Hall–Kier alpha value is -3.56. The molecular weight excluding hydrogens is 496 g/mol. The molecule has 3 aromatic carbocycles. The normalized spacial score (nSPS) is 21.2. The van der Waals surface area contributed by atoms with Gasteiger partial charge in [-0.1, -0.05) is 91.7 Å². The minimum Gasteiger partial charge on any atom is -0.393 e. The number of rotatable bonds is 10. The van der Waals surface area contributed by atoms with E-state index in [1.165, 1.54) is 10.9 Å². The van der Waals surface area contributed by atoms with E-state index in [-0.39, 0.29) is 12.0 Å².